The van der Waals surface area contributed by atoms with Crippen molar-refractivity contribution in [3.8, 4) is 0 Å². The van der Waals surface area contributed by atoms with Crippen LogP contribution in [0.1, 0.15) is 26.7 Å². The van der Waals surface area contributed by atoms with Crippen molar-refractivity contribution in [3.63, 3.8) is 0 Å². The van der Waals surface area contributed by atoms with Gasteiger partial charge in [0.1, 0.15) is 6.29 Å². The van der Waals surface area contributed by atoms with Crippen molar-refractivity contribution in [1.82, 2.24) is 0 Å². The Kier molecular flexibility index (Phi) is 12.3. The van der Waals surface area contributed by atoms with Crippen molar-refractivity contribution in [2.75, 3.05) is 0 Å². The van der Waals surface area contributed by atoms with Gasteiger partial charge in [0.15, 0.2) is 0 Å². The van der Waals surface area contributed by atoms with E-state index >= 15 is 0 Å². The molecule has 0 aromatic rings. The molecule has 0 fully saturated rings. The second kappa shape index (κ2) is 8.24. The van der Waals surface area contributed by atoms with Gasteiger partial charge >= 0.3 is 48.9 Å². The van der Waals surface area contributed by atoms with E-state index in [-0.39, 0.29) is 48.9 Å². The molecule has 2 heteroatoms. The van der Waals surface area contributed by atoms with Crippen LogP contribution < -0.4 is 0 Å². The Morgan fingerprint density at radius 2 is 1.75 bits per heavy atom. The predicted molar refractivity (Wildman–Crippen MR) is 38.7 cm³/mol. The minimum atomic E-state index is 0. The fourth-order valence-corrected chi connectivity index (χ4v) is 0.481. The molecule has 1 nitrogen and oxygen atoms in total. The molecule has 0 aromatic carbocycles. The molecule has 8 heavy (non-hydrogen) atoms. The van der Waals surface area contributed by atoms with E-state index in [0.717, 1.165) is 19.1 Å². The van der Waals surface area contributed by atoms with Gasteiger partial charge < -0.3 is 4.79 Å². The zero-order valence-corrected chi connectivity index (χ0v) is 4.98. The molecule has 0 heterocycles. The second-order valence-corrected chi connectivity index (χ2v) is 1.71. The summed E-state index contributed by atoms with van der Waals surface area (Å²) in [5.74, 6) is 0.306. The molecule has 0 rings (SSSR count). The number of rotatable bonds is 3. The monoisotopic (exact) mass is 240 g/mol. The van der Waals surface area contributed by atoms with Crippen LogP contribution in [0.2, 0.25) is 0 Å². The number of aldehydes is 1. The van der Waals surface area contributed by atoms with Crippen LogP contribution in [0, 0.1) is 5.92 Å². The van der Waals surface area contributed by atoms with Crippen LogP contribution in [0.5, 0.6) is 0 Å². The molecule has 0 aliphatic rings. The van der Waals surface area contributed by atoms with Gasteiger partial charge in [-0.15, -0.1) is 0 Å². The predicted octanol–water partition coefficient (Wildman–Crippen LogP) is 0.705. The van der Waals surface area contributed by atoms with E-state index in [1.54, 1.807) is 0 Å². The maximum atomic E-state index is 9.97. The van der Waals surface area contributed by atoms with Crippen LogP contribution in [-0.4, -0.2) is 55.2 Å². The van der Waals surface area contributed by atoms with Crippen molar-refractivity contribution in [2.45, 2.75) is 26.7 Å². The van der Waals surface area contributed by atoms with Gasteiger partial charge in [-0.3, -0.25) is 0 Å². The van der Waals surface area contributed by atoms with Gasteiger partial charge in [-0.25, -0.2) is 0 Å². The Morgan fingerprint density at radius 3 is 1.75 bits per heavy atom. The van der Waals surface area contributed by atoms with Gasteiger partial charge in [0.2, 0.25) is 0 Å². The summed E-state index contributed by atoms with van der Waals surface area (Å²) in [5, 5.41) is 0. The summed E-state index contributed by atoms with van der Waals surface area (Å²) in [7, 11) is 0. The fraction of sp³-hybridized carbons (Fsp3) is 0.833. The van der Waals surface area contributed by atoms with Crippen molar-refractivity contribution in [2.24, 2.45) is 5.92 Å². The molecule has 0 aromatic heterocycles. The average molecular weight is 240 g/mol. The summed E-state index contributed by atoms with van der Waals surface area (Å²) in [6, 6.07) is 0. The zero-order chi connectivity index (χ0) is 5.70. The third-order valence-electron chi connectivity index (χ3n) is 1.24. The molecule has 0 spiro atoms. The van der Waals surface area contributed by atoms with Crippen LogP contribution in [-0.2, 0) is 4.79 Å². The molecule has 0 atom stereocenters. The zero-order valence-electron chi connectivity index (χ0n) is 4.98. The molecule has 0 aliphatic carbocycles. The molecule has 0 bridgehead atoms. The van der Waals surface area contributed by atoms with E-state index in [4.69, 9.17) is 0 Å². The Bertz CT molecular complexity index is 50.5. The van der Waals surface area contributed by atoms with Crippen LogP contribution in [0.3, 0.4) is 0 Å². The molecule has 0 radical (unpaired) electrons. The number of hydrogen-bond acceptors (Lipinski definition) is 1. The van der Waals surface area contributed by atoms with Gasteiger partial charge in [-0.1, -0.05) is 13.8 Å². The third kappa shape index (κ3) is 5.38. The van der Waals surface area contributed by atoms with Crippen LogP contribution in [0.15, 0.2) is 0 Å². The quantitative estimate of drug-likeness (QED) is 0.524. The number of carbonyl (C=O) groups is 1. The normalized spacial score (nSPS) is 8.38. The van der Waals surface area contributed by atoms with E-state index < -0.39 is 0 Å². The first-order valence-electron chi connectivity index (χ1n) is 2.80. The number of carbonyl (C=O) groups excluding carboxylic acids is 1. The van der Waals surface area contributed by atoms with Crippen LogP contribution >= 0.6 is 0 Å². The first-order chi connectivity index (χ1) is 3.35. The standard InChI is InChI=1S/C6H12O.Ba.2H/c1-3-6(4-2)5-7;;;/h5-6H,3-4H2,1-2H3;;;. The molecule has 0 N–H and O–H groups in total. The summed E-state index contributed by atoms with van der Waals surface area (Å²) in [6.45, 7) is 4.06. The van der Waals surface area contributed by atoms with Crippen molar-refractivity contribution >= 4 is 55.2 Å². The van der Waals surface area contributed by atoms with E-state index in [1.807, 2.05) is 13.8 Å². The molecule has 0 aliphatic heterocycles. The summed E-state index contributed by atoms with van der Waals surface area (Å²) >= 11 is 0. The second-order valence-electron chi connectivity index (χ2n) is 1.71. The van der Waals surface area contributed by atoms with E-state index in [1.165, 1.54) is 0 Å². The molecule has 0 unspecified atom stereocenters. The third-order valence-corrected chi connectivity index (χ3v) is 1.24. The summed E-state index contributed by atoms with van der Waals surface area (Å²) < 4.78 is 0. The van der Waals surface area contributed by atoms with Gasteiger partial charge in [0.05, 0.1) is 0 Å². The first-order valence-corrected chi connectivity index (χ1v) is 2.80. The Balaban J connectivity index is 0. The Morgan fingerprint density at radius 1 is 1.38 bits per heavy atom. The van der Waals surface area contributed by atoms with E-state index in [9.17, 15) is 4.79 Å². The molecule has 0 saturated carbocycles. The Labute approximate surface area is 91.3 Å². The Hall–Kier alpha value is 1.24. The molecule has 46 valence electrons. The fourth-order valence-electron chi connectivity index (χ4n) is 0.481. The maximum absolute atomic E-state index is 9.97. The van der Waals surface area contributed by atoms with E-state index in [0.29, 0.717) is 5.92 Å². The van der Waals surface area contributed by atoms with Gasteiger partial charge in [0.25, 0.3) is 0 Å². The molecular formula is C6H14BaO. The summed E-state index contributed by atoms with van der Waals surface area (Å²) in [5.41, 5.74) is 0. The number of hydrogen-bond donors (Lipinski definition) is 0. The van der Waals surface area contributed by atoms with Crippen molar-refractivity contribution in [3.05, 3.63) is 0 Å². The van der Waals surface area contributed by atoms with Gasteiger partial charge in [-0.05, 0) is 12.8 Å². The molecule has 0 amide bonds. The average Bonchev–Trinajstić information content (AvgIpc) is 1.72. The topological polar surface area (TPSA) is 17.1 Å². The molecular weight excluding hydrogens is 225 g/mol. The van der Waals surface area contributed by atoms with Gasteiger partial charge in [0, 0.05) is 5.92 Å². The van der Waals surface area contributed by atoms with Gasteiger partial charge in [-0.2, -0.15) is 0 Å². The van der Waals surface area contributed by atoms with Crippen LogP contribution in [0.4, 0.5) is 0 Å². The first kappa shape index (κ1) is 12.0. The van der Waals surface area contributed by atoms with Crippen molar-refractivity contribution < 1.29 is 4.79 Å². The van der Waals surface area contributed by atoms with Crippen molar-refractivity contribution in [1.29, 1.82) is 0 Å². The van der Waals surface area contributed by atoms with Crippen LogP contribution in [0.25, 0.3) is 0 Å². The minimum absolute atomic E-state index is 0. The summed E-state index contributed by atoms with van der Waals surface area (Å²) in [6.07, 6.45) is 3.00. The summed E-state index contributed by atoms with van der Waals surface area (Å²) in [4.78, 5) is 9.97. The van der Waals surface area contributed by atoms with E-state index in [2.05, 4.69) is 0 Å². The SMILES string of the molecule is CCC(C=O)CC.[BaH2]. The molecule has 0 saturated heterocycles.